The number of aryl methyl sites for hydroxylation is 1. The van der Waals surface area contributed by atoms with Gasteiger partial charge in [0.15, 0.2) is 0 Å². The third kappa shape index (κ3) is 4.39. The minimum atomic E-state index is -0.0692. The number of likely N-dealkylation sites (tertiary alicyclic amines) is 1. The van der Waals surface area contributed by atoms with Crippen molar-refractivity contribution in [3.05, 3.63) is 59.9 Å². The summed E-state index contributed by atoms with van der Waals surface area (Å²) in [6.45, 7) is 8.66. The van der Waals surface area contributed by atoms with Crippen LogP contribution in [0.15, 0.2) is 48.7 Å². The Morgan fingerprint density at radius 1 is 1.00 bits per heavy atom. The van der Waals surface area contributed by atoms with E-state index in [2.05, 4.69) is 45.1 Å². The zero-order valence-corrected chi connectivity index (χ0v) is 19.1. The van der Waals surface area contributed by atoms with Gasteiger partial charge < -0.3 is 14.5 Å². The van der Waals surface area contributed by atoms with Crippen molar-refractivity contribution in [1.82, 2.24) is 14.8 Å². The molecule has 32 heavy (non-hydrogen) atoms. The molecule has 0 unspecified atom stereocenters. The maximum absolute atomic E-state index is 13.0. The molecule has 3 saturated heterocycles. The Labute approximate surface area is 191 Å². The minimum absolute atomic E-state index is 0.0692. The van der Waals surface area contributed by atoms with Gasteiger partial charge in [-0.05, 0) is 56.9 Å². The van der Waals surface area contributed by atoms with E-state index in [1.54, 1.807) is 6.20 Å². The summed E-state index contributed by atoms with van der Waals surface area (Å²) in [7, 11) is 0. The van der Waals surface area contributed by atoms with E-state index in [1.165, 1.54) is 5.69 Å². The van der Waals surface area contributed by atoms with Crippen molar-refractivity contribution in [2.24, 2.45) is 0 Å². The molecule has 0 saturated carbocycles. The first kappa shape index (κ1) is 21.4. The molecule has 0 N–H and O–H groups in total. The summed E-state index contributed by atoms with van der Waals surface area (Å²) < 4.78 is 6.39. The number of carbonyl (C=O) groups is 1. The van der Waals surface area contributed by atoms with Crippen molar-refractivity contribution in [1.29, 1.82) is 0 Å². The van der Waals surface area contributed by atoms with Gasteiger partial charge in [0, 0.05) is 69.5 Å². The number of para-hydroxylation sites is 1. The molecule has 0 aliphatic carbocycles. The van der Waals surface area contributed by atoms with Crippen LogP contribution >= 0.6 is 0 Å². The topological polar surface area (TPSA) is 48.9 Å². The van der Waals surface area contributed by atoms with Gasteiger partial charge >= 0.3 is 0 Å². The molecule has 1 aromatic heterocycles. The fourth-order valence-corrected chi connectivity index (χ4v) is 5.64. The molecule has 1 spiro atoms. The van der Waals surface area contributed by atoms with E-state index in [1.807, 2.05) is 24.0 Å². The normalized spacial score (nSPS) is 24.0. The SMILES string of the molecule is Cc1ncccc1C(=O)N1CCC2(CC1)C[C@H](N1CCN(c3ccccc3)CC1)CCO2. The van der Waals surface area contributed by atoms with Crippen LogP contribution in [0, 0.1) is 6.92 Å². The number of rotatable bonds is 3. The highest BCUT2D eigenvalue weighted by Gasteiger charge is 2.43. The molecule has 1 aromatic carbocycles. The van der Waals surface area contributed by atoms with Gasteiger partial charge in [-0.2, -0.15) is 0 Å². The predicted molar refractivity (Wildman–Crippen MR) is 126 cm³/mol. The summed E-state index contributed by atoms with van der Waals surface area (Å²) in [5.74, 6) is 0.106. The Morgan fingerprint density at radius 3 is 2.47 bits per heavy atom. The van der Waals surface area contributed by atoms with Gasteiger partial charge in [-0.1, -0.05) is 18.2 Å². The van der Waals surface area contributed by atoms with Crippen LogP contribution in [0.2, 0.25) is 0 Å². The molecule has 1 atom stereocenters. The monoisotopic (exact) mass is 434 g/mol. The molecule has 6 nitrogen and oxygen atoms in total. The quantitative estimate of drug-likeness (QED) is 0.741. The number of anilines is 1. The Kier molecular flexibility index (Phi) is 6.15. The second-order valence-corrected chi connectivity index (χ2v) is 9.47. The molecule has 3 fully saturated rings. The summed E-state index contributed by atoms with van der Waals surface area (Å²) >= 11 is 0. The second kappa shape index (κ2) is 9.20. The molecule has 6 heteroatoms. The predicted octanol–water partition coefficient (Wildman–Crippen LogP) is 3.37. The molecular formula is C26H34N4O2. The molecular weight excluding hydrogens is 400 g/mol. The first-order chi connectivity index (χ1) is 15.6. The summed E-state index contributed by atoms with van der Waals surface area (Å²) in [4.78, 5) is 24.4. The van der Waals surface area contributed by atoms with Crippen LogP contribution in [0.25, 0.3) is 0 Å². The third-order valence-corrected chi connectivity index (χ3v) is 7.62. The first-order valence-corrected chi connectivity index (χ1v) is 12.0. The van der Waals surface area contributed by atoms with Crippen LogP contribution in [-0.4, -0.2) is 78.2 Å². The summed E-state index contributed by atoms with van der Waals surface area (Å²) in [6, 6.07) is 15.1. The Balaban J connectivity index is 1.16. The summed E-state index contributed by atoms with van der Waals surface area (Å²) in [5, 5.41) is 0. The van der Waals surface area contributed by atoms with Crippen LogP contribution in [0.3, 0.4) is 0 Å². The smallest absolute Gasteiger partial charge is 0.255 e. The first-order valence-electron chi connectivity index (χ1n) is 12.0. The number of benzene rings is 1. The molecule has 5 rings (SSSR count). The number of hydrogen-bond donors (Lipinski definition) is 0. The van der Waals surface area contributed by atoms with Gasteiger partial charge in [-0.3, -0.25) is 14.7 Å². The molecule has 0 radical (unpaired) electrons. The van der Waals surface area contributed by atoms with Crippen molar-refractivity contribution >= 4 is 11.6 Å². The number of amides is 1. The lowest BCUT2D eigenvalue weighted by Gasteiger charge is -2.50. The highest BCUT2D eigenvalue weighted by molar-refractivity contribution is 5.95. The number of ether oxygens (including phenoxy) is 1. The largest absolute Gasteiger partial charge is 0.375 e. The van der Waals surface area contributed by atoms with E-state index < -0.39 is 0 Å². The average molecular weight is 435 g/mol. The number of piperazine rings is 1. The van der Waals surface area contributed by atoms with E-state index in [-0.39, 0.29) is 11.5 Å². The van der Waals surface area contributed by atoms with Crippen LogP contribution in [0.1, 0.15) is 41.7 Å². The van der Waals surface area contributed by atoms with Crippen LogP contribution in [-0.2, 0) is 4.74 Å². The van der Waals surface area contributed by atoms with Crippen molar-refractivity contribution < 1.29 is 9.53 Å². The van der Waals surface area contributed by atoms with E-state index in [0.29, 0.717) is 6.04 Å². The average Bonchev–Trinajstić information content (AvgIpc) is 2.85. The van der Waals surface area contributed by atoms with Gasteiger partial charge in [0.1, 0.15) is 0 Å². The van der Waals surface area contributed by atoms with E-state index >= 15 is 0 Å². The lowest BCUT2D eigenvalue weighted by molar-refractivity contribution is -0.130. The number of hydrogen-bond acceptors (Lipinski definition) is 5. The molecule has 0 bridgehead atoms. The van der Waals surface area contributed by atoms with Crippen molar-refractivity contribution in [3.63, 3.8) is 0 Å². The van der Waals surface area contributed by atoms with E-state index in [9.17, 15) is 4.79 Å². The van der Waals surface area contributed by atoms with Crippen LogP contribution < -0.4 is 4.90 Å². The number of carbonyl (C=O) groups excluding carboxylic acids is 1. The molecule has 170 valence electrons. The van der Waals surface area contributed by atoms with Gasteiger partial charge in [-0.25, -0.2) is 0 Å². The Bertz CT molecular complexity index is 918. The molecule has 4 heterocycles. The molecule has 3 aliphatic heterocycles. The highest BCUT2D eigenvalue weighted by Crippen LogP contribution is 2.37. The van der Waals surface area contributed by atoms with Crippen molar-refractivity contribution in [2.45, 2.75) is 44.2 Å². The zero-order valence-electron chi connectivity index (χ0n) is 19.1. The van der Waals surface area contributed by atoms with Gasteiger partial charge in [0.05, 0.1) is 11.2 Å². The highest BCUT2D eigenvalue weighted by atomic mass is 16.5. The summed E-state index contributed by atoms with van der Waals surface area (Å²) in [5.41, 5.74) is 2.79. The fraction of sp³-hybridized carbons (Fsp3) is 0.538. The third-order valence-electron chi connectivity index (χ3n) is 7.62. The number of aromatic nitrogens is 1. The van der Waals surface area contributed by atoms with Gasteiger partial charge in [0.25, 0.3) is 5.91 Å². The maximum Gasteiger partial charge on any atom is 0.255 e. The Hall–Kier alpha value is -2.44. The molecule has 3 aliphatic rings. The van der Waals surface area contributed by atoms with E-state index in [0.717, 1.165) is 82.8 Å². The second-order valence-electron chi connectivity index (χ2n) is 9.47. The maximum atomic E-state index is 13.0. The van der Waals surface area contributed by atoms with Crippen LogP contribution in [0.5, 0.6) is 0 Å². The Morgan fingerprint density at radius 2 is 1.75 bits per heavy atom. The van der Waals surface area contributed by atoms with Crippen LogP contribution in [0.4, 0.5) is 5.69 Å². The van der Waals surface area contributed by atoms with Gasteiger partial charge in [-0.15, -0.1) is 0 Å². The lowest BCUT2D eigenvalue weighted by Crippen LogP contribution is -2.57. The molecule has 2 aromatic rings. The minimum Gasteiger partial charge on any atom is -0.375 e. The summed E-state index contributed by atoms with van der Waals surface area (Å²) in [6.07, 6.45) is 5.81. The van der Waals surface area contributed by atoms with Crippen molar-refractivity contribution in [3.8, 4) is 0 Å². The molecule has 1 amide bonds. The zero-order chi connectivity index (χ0) is 22.0. The number of piperidine rings is 1. The fourth-order valence-electron chi connectivity index (χ4n) is 5.64. The van der Waals surface area contributed by atoms with Crippen molar-refractivity contribution in [2.75, 3.05) is 50.8 Å². The number of nitrogens with zero attached hydrogens (tertiary/aromatic N) is 4. The number of pyridine rings is 1. The van der Waals surface area contributed by atoms with E-state index in [4.69, 9.17) is 4.74 Å². The lowest BCUT2D eigenvalue weighted by atomic mass is 9.81. The standard InChI is InChI=1S/C26H34N4O2/c1-21-24(8-5-12-27-21)25(31)30-13-10-26(11-14-30)20-23(9-19-32-26)29-17-15-28(16-18-29)22-6-3-2-4-7-22/h2-8,12,23H,9-11,13-20H2,1H3/t23-/m1/s1. The van der Waals surface area contributed by atoms with Gasteiger partial charge in [0.2, 0.25) is 0 Å².